The monoisotopic (exact) mass is 1220 g/mol. The molecule has 18 aromatic carbocycles. The second kappa shape index (κ2) is 23.8. The van der Waals surface area contributed by atoms with E-state index in [2.05, 4.69) is 386 Å². The third kappa shape index (κ3) is 9.99. The van der Waals surface area contributed by atoms with Gasteiger partial charge in [-0.05, 0) is 240 Å². The second-order valence-electron chi connectivity index (χ2n) is 25.1. The van der Waals surface area contributed by atoms with Crippen LogP contribution in [0.1, 0.15) is 11.1 Å². The minimum atomic E-state index is 0.940. The number of benzene rings is 18. The Labute approximate surface area is 558 Å². The summed E-state index contributed by atoms with van der Waals surface area (Å²) in [5, 5.41) is 19.2. The molecule has 0 bridgehead atoms. The van der Waals surface area contributed by atoms with Gasteiger partial charge < -0.3 is 0 Å². The van der Waals surface area contributed by atoms with Crippen LogP contribution in [0, 0.1) is 0 Å². The molecule has 0 aliphatic heterocycles. The van der Waals surface area contributed by atoms with E-state index in [-0.39, 0.29) is 0 Å². The highest BCUT2D eigenvalue weighted by Gasteiger charge is 2.33. The minimum Gasteiger partial charge on any atom is -0.295 e. The van der Waals surface area contributed by atoms with E-state index in [1.807, 2.05) is 0 Å². The van der Waals surface area contributed by atoms with Crippen molar-refractivity contribution in [2.75, 3.05) is 9.80 Å². The summed E-state index contributed by atoms with van der Waals surface area (Å²) in [4.78, 5) is 5.16. The van der Waals surface area contributed by atoms with Gasteiger partial charge in [0.15, 0.2) is 0 Å². The van der Waals surface area contributed by atoms with E-state index in [0.717, 1.165) is 89.8 Å². The van der Waals surface area contributed by atoms with Crippen molar-refractivity contribution in [3.05, 3.63) is 393 Å². The Morgan fingerprint density at radius 2 is 0.458 bits per heavy atom. The highest BCUT2D eigenvalue weighted by molar-refractivity contribution is 6.23. The van der Waals surface area contributed by atoms with Gasteiger partial charge in [0.25, 0.3) is 0 Å². The van der Waals surface area contributed by atoms with Crippen LogP contribution in [-0.4, -0.2) is 0 Å². The van der Waals surface area contributed by atoms with Gasteiger partial charge in [0, 0.05) is 28.1 Å². The molecular formula is C94H62N2. The Hall–Kier alpha value is -12.6. The quantitative estimate of drug-likeness (QED) is 0.0889. The molecule has 2 nitrogen and oxygen atoms in total. The van der Waals surface area contributed by atoms with Crippen LogP contribution in [0.4, 0.5) is 22.7 Å². The van der Waals surface area contributed by atoms with E-state index in [0.29, 0.717) is 0 Å². The highest BCUT2D eigenvalue weighted by atomic mass is 15.3. The molecule has 0 radical (unpaired) electrons. The largest absolute Gasteiger partial charge is 0.295 e. The number of nitrogens with zero attached hydrogens (tertiary/aromatic N) is 2. The fourth-order valence-electron chi connectivity index (χ4n) is 14.9. The first-order valence-corrected chi connectivity index (χ1v) is 33.1. The Morgan fingerprint density at radius 1 is 0.177 bits per heavy atom. The average molecular weight is 1220 g/mol. The Balaban J connectivity index is 1.02. The zero-order valence-electron chi connectivity index (χ0n) is 52.7. The topological polar surface area (TPSA) is 6.48 Å². The molecule has 0 heterocycles. The molecule has 0 unspecified atom stereocenters. The summed E-state index contributed by atoms with van der Waals surface area (Å²) in [5.74, 6) is 0.940. The third-order valence-corrected chi connectivity index (χ3v) is 19.4. The number of rotatable bonds is 12. The lowest BCUT2D eigenvalue weighted by Crippen LogP contribution is -2.32. The van der Waals surface area contributed by atoms with Gasteiger partial charge in [-0.2, -0.15) is 0 Å². The summed E-state index contributed by atoms with van der Waals surface area (Å²) in [7, 11) is 0. The van der Waals surface area contributed by atoms with Gasteiger partial charge >= 0.3 is 0 Å². The Morgan fingerprint density at radius 3 is 0.802 bits per heavy atom. The van der Waals surface area contributed by atoms with Gasteiger partial charge in [-0.15, -0.1) is 0 Å². The molecule has 0 amide bonds. The summed E-state index contributed by atoms with van der Waals surface area (Å²) in [6, 6.07) is 140. The first-order valence-electron chi connectivity index (χ1n) is 33.1. The Kier molecular flexibility index (Phi) is 13.9. The molecule has 448 valence electrons. The molecule has 0 saturated carbocycles. The number of hydrogen-bond donors (Lipinski definition) is 0. The van der Waals surface area contributed by atoms with E-state index < -0.39 is 0 Å². The van der Waals surface area contributed by atoms with Gasteiger partial charge in [-0.25, -0.2) is 0 Å². The molecule has 0 atom stereocenters. The first kappa shape index (κ1) is 56.2. The van der Waals surface area contributed by atoms with E-state index in [9.17, 15) is 0 Å². The fraction of sp³-hybridized carbons (Fsp3) is 0. The number of fused-ring (bicyclic) bond motifs is 10. The van der Waals surface area contributed by atoms with Crippen molar-refractivity contribution in [2.45, 2.75) is 0 Å². The molecule has 96 heavy (non-hydrogen) atoms. The maximum Gasteiger partial charge on any atom is 0.131 e. The van der Waals surface area contributed by atoms with Crippen molar-refractivity contribution in [3.8, 4) is 44.5 Å². The minimum absolute atomic E-state index is 0.940. The van der Waals surface area contributed by atoms with Crippen molar-refractivity contribution >= 4 is 115 Å². The van der Waals surface area contributed by atoms with E-state index in [1.54, 1.807) is 0 Å². The van der Waals surface area contributed by atoms with Crippen LogP contribution in [0.5, 0.6) is 0 Å². The van der Waals surface area contributed by atoms with E-state index >= 15 is 0 Å². The summed E-state index contributed by atoms with van der Waals surface area (Å²) in [6.45, 7) is 0. The van der Waals surface area contributed by atoms with Crippen LogP contribution in [0.25, 0.3) is 136 Å². The zero-order chi connectivity index (χ0) is 63.5. The second-order valence-corrected chi connectivity index (χ2v) is 25.1. The van der Waals surface area contributed by atoms with Gasteiger partial charge in [0.05, 0.1) is 11.4 Å². The Bertz CT molecular complexity index is 5670. The van der Waals surface area contributed by atoms with Crippen LogP contribution < -0.4 is 9.80 Å². The summed E-state index contributed by atoms with van der Waals surface area (Å²) >= 11 is 0. The standard InChI is InChI=1S/C94H62N2/c1-7-27-63(28-8-1)75-47-49-91(89(59-75)87-61-77-51-67-35-19-21-37-69(67)53-81(77)83-55-71-39-23-25-41-73(71)57-85(83)87)95(79-43-15-5-16-44-79)94(93(65-31-11-3-12-32-65)66-33-13-4-14-34-66)96(80-45-17-6-18-46-80)92-50-48-76(64-29-9-2-10-30-64)60-90(92)88-62-78-52-68-36-20-22-38-70(68)54-82(78)84-56-72-40-24-26-42-74(72)58-86(84)88/h1-62H. The van der Waals surface area contributed by atoms with Crippen LogP contribution in [0.15, 0.2) is 382 Å². The number of para-hydroxylation sites is 2. The third-order valence-electron chi connectivity index (χ3n) is 19.4. The van der Waals surface area contributed by atoms with Gasteiger partial charge in [-0.3, -0.25) is 9.80 Å². The van der Waals surface area contributed by atoms with Crippen LogP contribution in [-0.2, 0) is 0 Å². The first-order chi connectivity index (χ1) is 47.6. The molecule has 0 fully saturated rings. The predicted octanol–water partition coefficient (Wildman–Crippen LogP) is 26.0. The smallest absolute Gasteiger partial charge is 0.131 e. The van der Waals surface area contributed by atoms with E-state index in [4.69, 9.17) is 0 Å². The lowest BCUT2D eigenvalue weighted by atomic mass is 9.87. The fourth-order valence-corrected chi connectivity index (χ4v) is 14.9. The highest BCUT2D eigenvalue weighted by Crippen LogP contribution is 2.53. The molecule has 18 rings (SSSR count). The van der Waals surface area contributed by atoms with Gasteiger partial charge in [0.2, 0.25) is 0 Å². The lowest BCUT2D eigenvalue weighted by molar-refractivity contribution is 1.06. The molecule has 0 aliphatic rings. The lowest BCUT2D eigenvalue weighted by Gasteiger charge is -2.40. The summed E-state index contributed by atoms with van der Waals surface area (Å²) in [6.07, 6.45) is 0. The van der Waals surface area contributed by atoms with Crippen LogP contribution >= 0.6 is 0 Å². The summed E-state index contributed by atoms with van der Waals surface area (Å²) in [5.41, 5.74) is 16.1. The predicted molar refractivity (Wildman–Crippen MR) is 411 cm³/mol. The SMILES string of the molecule is c1ccc(C(=C(N(c2ccccc2)c2ccc(-c3ccccc3)cc2-c2cc3cc4ccccc4cc3c3cc4ccccc4cc23)N(c2ccccc2)c2ccc(-c3ccccc3)cc2-c2cc3cc4ccccc4cc3c3cc4ccccc4cc23)c2ccccc2)cc1. The van der Waals surface area contributed by atoms with Crippen molar-refractivity contribution < 1.29 is 0 Å². The molecule has 0 aliphatic carbocycles. The molecule has 0 N–H and O–H groups in total. The normalized spacial score (nSPS) is 11.5. The van der Waals surface area contributed by atoms with Crippen LogP contribution in [0.2, 0.25) is 0 Å². The van der Waals surface area contributed by atoms with Crippen molar-refractivity contribution in [1.29, 1.82) is 0 Å². The molecule has 0 spiro atoms. The molecule has 18 aromatic rings. The van der Waals surface area contributed by atoms with Crippen LogP contribution in [0.3, 0.4) is 0 Å². The van der Waals surface area contributed by atoms with Gasteiger partial charge in [-0.1, -0.05) is 267 Å². The van der Waals surface area contributed by atoms with Crippen molar-refractivity contribution in [1.82, 2.24) is 0 Å². The molecular weight excluding hydrogens is 1160 g/mol. The van der Waals surface area contributed by atoms with E-state index in [1.165, 1.54) is 86.2 Å². The van der Waals surface area contributed by atoms with Crippen molar-refractivity contribution in [2.24, 2.45) is 0 Å². The average Bonchev–Trinajstić information content (AvgIpc) is 0.732. The number of anilines is 4. The molecule has 2 heteroatoms. The molecule has 0 saturated heterocycles. The molecule has 0 aromatic heterocycles. The van der Waals surface area contributed by atoms with Gasteiger partial charge in [0.1, 0.15) is 5.82 Å². The number of hydrogen-bond acceptors (Lipinski definition) is 2. The maximum absolute atomic E-state index is 2.58. The zero-order valence-corrected chi connectivity index (χ0v) is 52.7. The van der Waals surface area contributed by atoms with Crippen molar-refractivity contribution in [3.63, 3.8) is 0 Å². The summed E-state index contributed by atoms with van der Waals surface area (Å²) < 4.78 is 0. The maximum atomic E-state index is 2.58.